The summed E-state index contributed by atoms with van der Waals surface area (Å²) < 4.78 is 34.1. The number of rotatable bonds is 8. The van der Waals surface area contributed by atoms with Gasteiger partial charge < -0.3 is 15.0 Å². The van der Waals surface area contributed by atoms with Crippen molar-refractivity contribution in [3.05, 3.63) is 99.2 Å². The Hall–Kier alpha value is -4.33. The van der Waals surface area contributed by atoms with Crippen LogP contribution < -0.4 is 5.32 Å². The van der Waals surface area contributed by atoms with Gasteiger partial charge in [0.1, 0.15) is 5.00 Å². The summed E-state index contributed by atoms with van der Waals surface area (Å²) in [7, 11) is -2.30. The van der Waals surface area contributed by atoms with Crippen LogP contribution in [0, 0.1) is 13.8 Å². The predicted octanol–water partition coefficient (Wildman–Crippen LogP) is 4.84. The topological polar surface area (TPSA) is 131 Å². The Morgan fingerprint density at radius 1 is 1.07 bits per heavy atom. The number of sulfonamides is 1. The van der Waals surface area contributed by atoms with E-state index in [1.807, 2.05) is 30.3 Å². The minimum absolute atomic E-state index is 0.0542. The van der Waals surface area contributed by atoms with E-state index in [2.05, 4.69) is 10.4 Å². The molecule has 2 amide bonds. The highest BCUT2D eigenvalue weighted by Crippen LogP contribution is 2.38. The lowest BCUT2D eigenvalue weighted by Gasteiger charge is -2.26. The first-order valence-corrected chi connectivity index (χ1v) is 16.3. The maximum atomic E-state index is 13.8. The van der Waals surface area contributed by atoms with Gasteiger partial charge in [0.05, 0.1) is 29.3 Å². The first-order valence-electron chi connectivity index (χ1n) is 14.1. The van der Waals surface area contributed by atoms with Crippen LogP contribution in [-0.4, -0.2) is 65.5 Å². The zero-order chi connectivity index (χ0) is 31.6. The molecule has 1 N–H and O–H groups in total. The predicted molar refractivity (Wildman–Crippen MR) is 166 cm³/mol. The van der Waals surface area contributed by atoms with Gasteiger partial charge >= 0.3 is 6.09 Å². The lowest BCUT2D eigenvalue weighted by atomic mass is 10.0. The Labute approximate surface area is 260 Å². The molecule has 11 nitrogen and oxygen atoms in total. The molecule has 1 aliphatic heterocycles. The van der Waals surface area contributed by atoms with Crippen LogP contribution in [0.5, 0.6) is 0 Å². The van der Waals surface area contributed by atoms with Gasteiger partial charge in [-0.15, -0.1) is 11.3 Å². The second-order valence-electron chi connectivity index (χ2n) is 10.4. The molecule has 3 heterocycles. The molecule has 2 aromatic heterocycles. The Morgan fingerprint density at radius 2 is 1.77 bits per heavy atom. The highest BCUT2D eigenvalue weighted by atomic mass is 32.2. The van der Waals surface area contributed by atoms with E-state index < -0.39 is 22.0 Å². The molecule has 0 aliphatic carbocycles. The summed E-state index contributed by atoms with van der Waals surface area (Å²) in [4.78, 5) is 42.0. The number of carbonyl (C=O) groups excluding carboxylic acids is 3. The monoisotopic (exact) mass is 635 g/mol. The molecule has 0 bridgehead atoms. The van der Waals surface area contributed by atoms with E-state index in [1.54, 1.807) is 31.7 Å². The number of thiophene rings is 1. The van der Waals surface area contributed by atoms with Crippen LogP contribution in [0.1, 0.15) is 55.0 Å². The van der Waals surface area contributed by atoms with Crippen LogP contribution in [0.2, 0.25) is 0 Å². The molecular formula is C31H33N5O6S2. The summed E-state index contributed by atoms with van der Waals surface area (Å²) in [6, 6.07) is 16.7. The maximum Gasteiger partial charge on any atom is 0.410 e. The molecule has 0 spiro atoms. The quantitative estimate of drug-likeness (QED) is 0.293. The average Bonchev–Trinajstić information content (AvgIpc) is 3.54. The fourth-order valence-corrected chi connectivity index (χ4v) is 7.50. The molecule has 0 fully saturated rings. The van der Waals surface area contributed by atoms with Crippen molar-refractivity contribution < 1.29 is 27.5 Å². The van der Waals surface area contributed by atoms with E-state index in [-0.39, 0.29) is 36.1 Å². The minimum Gasteiger partial charge on any atom is -0.450 e. The maximum absolute atomic E-state index is 13.8. The van der Waals surface area contributed by atoms with Crippen LogP contribution in [0.15, 0.2) is 65.6 Å². The third-order valence-corrected chi connectivity index (χ3v) is 10.2. The van der Waals surface area contributed by atoms with E-state index in [1.165, 1.54) is 51.6 Å². The third kappa shape index (κ3) is 6.30. The number of aromatic nitrogens is 2. The van der Waals surface area contributed by atoms with Crippen LogP contribution in [0.25, 0.3) is 0 Å². The number of nitrogens with zero attached hydrogens (tertiary/aromatic N) is 4. The molecule has 44 heavy (non-hydrogen) atoms. The van der Waals surface area contributed by atoms with Crippen LogP contribution in [0.3, 0.4) is 0 Å². The summed E-state index contributed by atoms with van der Waals surface area (Å²) in [6.07, 6.45) is -0.0303. The number of aryl methyl sites for hydroxylation is 2. The molecule has 0 saturated heterocycles. The number of benzene rings is 2. The van der Waals surface area contributed by atoms with E-state index in [9.17, 15) is 22.8 Å². The van der Waals surface area contributed by atoms with E-state index in [0.29, 0.717) is 34.9 Å². The zero-order valence-corrected chi connectivity index (χ0v) is 26.5. The fourth-order valence-electron chi connectivity index (χ4n) is 5.09. The SMILES string of the molecule is CCOC(=O)N1CCc2c(sc(NC(=O)c3ccc(S(=O)(=O)N(C)Cc4ccccc4)cc3)c2C(=O)n2nc(C)cc2C)C1. The molecule has 0 unspecified atom stereocenters. The number of nitrogens with one attached hydrogen (secondary N) is 1. The molecule has 0 radical (unpaired) electrons. The van der Waals surface area contributed by atoms with Crippen LogP contribution in [-0.2, 0) is 34.3 Å². The molecule has 4 aromatic rings. The summed E-state index contributed by atoms with van der Waals surface area (Å²) in [5.74, 6) is -0.884. The molecule has 0 atom stereocenters. The van der Waals surface area contributed by atoms with Crippen molar-refractivity contribution in [3.8, 4) is 0 Å². The van der Waals surface area contributed by atoms with Crippen LogP contribution in [0.4, 0.5) is 9.80 Å². The minimum atomic E-state index is -3.80. The van der Waals surface area contributed by atoms with Gasteiger partial charge in [0.15, 0.2) is 0 Å². The van der Waals surface area contributed by atoms with Crippen molar-refractivity contribution in [3.63, 3.8) is 0 Å². The smallest absolute Gasteiger partial charge is 0.410 e. The Kier molecular flexibility index (Phi) is 9.00. The second kappa shape index (κ2) is 12.7. The van der Waals surface area contributed by atoms with Gasteiger partial charge in [-0.1, -0.05) is 30.3 Å². The number of amides is 2. The number of anilines is 1. The zero-order valence-electron chi connectivity index (χ0n) is 24.9. The van der Waals surface area contributed by atoms with E-state index >= 15 is 0 Å². The van der Waals surface area contributed by atoms with Crippen molar-refractivity contribution in [2.24, 2.45) is 0 Å². The number of hydrogen-bond donors (Lipinski definition) is 1. The van der Waals surface area contributed by atoms with Crippen molar-refractivity contribution in [2.75, 3.05) is 25.5 Å². The van der Waals surface area contributed by atoms with Gasteiger partial charge in [0, 0.05) is 36.3 Å². The first-order chi connectivity index (χ1) is 21.0. The number of hydrogen-bond acceptors (Lipinski definition) is 8. The average molecular weight is 636 g/mol. The van der Waals surface area contributed by atoms with Gasteiger partial charge in [-0.25, -0.2) is 17.9 Å². The fraction of sp³-hybridized carbons (Fsp3) is 0.290. The number of fused-ring (bicyclic) bond motifs is 1. The third-order valence-electron chi connectivity index (χ3n) is 7.30. The highest BCUT2D eigenvalue weighted by Gasteiger charge is 2.32. The molecule has 1 aliphatic rings. The van der Waals surface area contributed by atoms with Crippen molar-refractivity contribution in [1.82, 2.24) is 19.0 Å². The Bertz CT molecular complexity index is 1810. The summed E-state index contributed by atoms with van der Waals surface area (Å²) >= 11 is 1.23. The lowest BCUT2D eigenvalue weighted by molar-refractivity contribution is 0.0941. The molecule has 5 rings (SSSR count). The molecule has 0 saturated carbocycles. The summed E-state index contributed by atoms with van der Waals surface area (Å²) in [5.41, 5.74) is 3.50. The normalized spacial score (nSPS) is 13.1. The largest absolute Gasteiger partial charge is 0.450 e. The number of carbonyl (C=O) groups is 3. The van der Waals surface area contributed by atoms with Gasteiger partial charge in [-0.2, -0.15) is 9.40 Å². The summed E-state index contributed by atoms with van der Waals surface area (Å²) in [6.45, 7) is 6.37. The van der Waals surface area contributed by atoms with Crippen molar-refractivity contribution >= 4 is 44.3 Å². The standard InChI is InChI=1S/C31H33N5O6S2/c1-5-42-31(39)35-16-15-25-26(19-35)43-29(27(25)30(38)36-21(3)17-20(2)33-36)32-28(37)23-11-13-24(14-12-23)44(40,41)34(4)18-22-9-7-6-8-10-22/h6-14,17H,5,15-16,18-19H2,1-4H3,(H,32,37). The lowest BCUT2D eigenvalue weighted by Crippen LogP contribution is -2.36. The van der Waals surface area contributed by atoms with Crippen molar-refractivity contribution in [2.45, 2.75) is 45.2 Å². The van der Waals surface area contributed by atoms with Gasteiger partial charge in [0.25, 0.3) is 11.8 Å². The van der Waals surface area contributed by atoms with Gasteiger partial charge in [0.2, 0.25) is 10.0 Å². The molecule has 13 heteroatoms. The first kappa shape index (κ1) is 31.1. The van der Waals surface area contributed by atoms with Gasteiger partial charge in [-0.3, -0.25) is 9.59 Å². The number of ether oxygens (including phenoxy) is 1. The van der Waals surface area contributed by atoms with Gasteiger partial charge in [-0.05, 0) is 68.7 Å². The Balaban J connectivity index is 1.41. The molecule has 2 aromatic carbocycles. The second-order valence-corrected chi connectivity index (χ2v) is 13.6. The van der Waals surface area contributed by atoms with Crippen LogP contribution >= 0.6 is 11.3 Å². The Morgan fingerprint density at radius 3 is 2.41 bits per heavy atom. The molecular weight excluding hydrogens is 603 g/mol. The molecule has 230 valence electrons. The van der Waals surface area contributed by atoms with E-state index in [4.69, 9.17) is 4.74 Å². The van der Waals surface area contributed by atoms with E-state index in [0.717, 1.165) is 16.0 Å². The highest BCUT2D eigenvalue weighted by molar-refractivity contribution is 7.89. The van der Waals surface area contributed by atoms with Crippen molar-refractivity contribution in [1.29, 1.82) is 0 Å². The summed E-state index contributed by atoms with van der Waals surface area (Å²) in [5, 5.41) is 7.55.